The third-order valence-electron chi connectivity index (χ3n) is 0.427. The van der Waals surface area contributed by atoms with Crippen LogP contribution in [0.25, 0.3) is 0 Å². The first-order chi connectivity index (χ1) is 3.31. The normalized spacial score (nSPS) is 8.29. The average molecular weight is 121 g/mol. The van der Waals surface area contributed by atoms with Crippen molar-refractivity contribution >= 4 is 17.5 Å². The summed E-state index contributed by atoms with van der Waals surface area (Å²) in [4.78, 5) is 10.1. The van der Waals surface area contributed by atoms with Crippen molar-refractivity contribution in [1.29, 1.82) is 0 Å². The molecule has 0 unspecified atom stereocenters. The molecule has 1 N–H and O–H groups in total. The van der Waals surface area contributed by atoms with Gasteiger partial charge < -0.3 is 5.32 Å². The lowest BCUT2D eigenvalue weighted by atomic mass is 10.6. The largest absolute Gasteiger partial charge is 0.351 e. The number of carbonyl (C=O) groups excluding carboxylic acids is 1. The smallest absolute Gasteiger partial charge is 0.235 e. The van der Waals surface area contributed by atoms with Crippen molar-refractivity contribution in [2.45, 2.75) is 6.92 Å². The minimum Gasteiger partial charge on any atom is -0.351 e. The number of amides is 1. The van der Waals surface area contributed by atoms with Crippen molar-refractivity contribution in [3.8, 4) is 0 Å². The van der Waals surface area contributed by atoms with Gasteiger partial charge in [0.15, 0.2) is 0 Å². The Balaban J connectivity index is 3.00. The molecule has 0 aliphatic rings. The van der Waals surface area contributed by atoms with Crippen LogP contribution in [-0.2, 0) is 4.79 Å². The van der Waals surface area contributed by atoms with Gasteiger partial charge in [0.2, 0.25) is 5.91 Å². The molecule has 0 rings (SSSR count). The van der Waals surface area contributed by atoms with Crippen LogP contribution in [-0.4, -0.2) is 11.8 Å². The topological polar surface area (TPSA) is 29.1 Å². The average Bonchev–Trinajstić information content (AvgIpc) is 1.68. The number of hydrogen-bond donors (Lipinski definition) is 1. The van der Waals surface area contributed by atoms with E-state index in [2.05, 4.69) is 5.32 Å². The van der Waals surface area contributed by atoms with Gasteiger partial charge in [-0.1, -0.05) is 0 Å². The standard InChI is InChI=1S/C4H7ClNO/c1-2-6-4(7)3-5/h2H,3H2,1H3,(H,6,7). The summed E-state index contributed by atoms with van der Waals surface area (Å²) < 4.78 is 0. The SMILES string of the molecule is C[CH]NC(=O)CCl. The van der Waals surface area contributed by atoms with Gasteiger partial charge in [0.25, 0.3) is 0 Å². The first-order valence-corrected chi connectivity index (χ1v) is 2.48. The van der Waals surface area contributed by atoms with E-state index in [4.69, 9.17) is 11.6 Å². The summed E-state index contributed by atoms with van der Waals surface area (Å²) in [7, 11) is 0. The number of hydrogen-bond acceptors (Lipinski definition) is 1. The fourth-order valence-corrected chi connectivity index (χ4v) is 0.277. The maximum absolute atomic E-state index is 10.1. The van der Waals surface area contributed by atoms with E-state index in [9.17, 15) is 4.79 Å². The summed E-state index contributed by atoms with van der Waals surface area (Å²) in [5.41, 5.74) is 0. The second-order valence-electron chi connectivity index (χ2n) is 0.990. The maximum Gasteiger partial charge on any atom is 0.235 e. The van der Waals surface area contributed by atoms with Crippen LogP contribution in [0, 0.1) is 6.54 Å². The van der Waals surface area contributed by atoms with Gasteiger partial charge in [-0.25, -0.2) is 0 Å². The fraction of sp³-hybridized carbons (Fsp3) is 0.500. The zero-order valence-corrected chi connectivity index (χ0v) is 4.83. The Morgan fingerprint density at radius 3 is 2.71 bits per heavy atom. The van der Waals surface area contributed by atoms with E-state index >= 15 is 0 Å². The molecule has 0 aromatic heterocycles. The third-order valence-corrected chi connectivity index (χ3v) is 0.669. The molecular weight excluding hydrogens is 114 g/mol. The number of nitrogens with one attached hydrogen (secondary N) is 1. The second kappa shape index (κ2) is 3.93. The van der Waals surface area contributed by atoms with Crippen LogP contribution in [0.3, 0.4) is 0 Å². The molecule has 7 heavy (non-hydrogen) atoms. The molecule has 0 aliphatic carbocycles. The van der Waals surface area contributed by atoms with Gasteiger partial charge in [0.1, 0.15) is 5.88 Å². The summed E-state index contributed by atoms with van der Waals surface area (Å²) >= 11 is 5.10. The van der Waals surface area contributed by atoms with Crippen molar-refractivity contribution in [3.63, 3.8) is 0 Å². The number of rotatable bonds is 2. The Morgan fingerprint density at radius 1 is 2.00 bits per heavy atom. The zero-order valence-electron chi connectivity index (χ0n) is 4.07. The van der Waals surface area contributed by atoms with Crippen LogP contribution in [0.15, 0.2) is 0 Å². The molecule has 41 valence electrons. The molecule has 0 atom stereocenters. The van der Waals surface area contributed by atoms with Crippen LogP contribution in [0.1, 0.15) is 6.92 Å². The molecule has 0 saturated carbocycles. The highest BCUT2D eigenvalue weighted by Crippen LogP contribution is 1.73. The first kappa shape index (κ1) is 6.76. The van der Waals surface area contributed by atoms with Crippen molar-refractivity contribution in [2.75, 3.05) is 5.88 Å². The van der Waals surface area contributed by atoms with Crippen molar-refractivity contribution in [3.05, 3.63) is 6.54 Å². The highest BCUT2D eigenvalue weighted by Gasteiger charge is 1.90. The van der Waals surface area contributed by atoms with E-state index < -0.39 is 0 Å². The molecule has 0 heterocycles. The molecule has 0 aromatic rings. The number of alkyl halides is 1. The third kappa shape index (κ3) is 3.59. The summed E-state index contributed by atoms with van der Waals surface area (Å²) in [6.07, 6.45) is 0. The van der Waals surface area contributed by atoms with E-state index in [1.165, 1.54) is 0 Å². The molecule has 2 nitrogen and oxygen atoms in total. The monoisotopic (exact) mass is 120 g/mol. The van der Waals surface area contributed by atoms with Crippen LogP contribution in [0.4, 0.5) is 0 Å². The van der Waals surface area contributed by atoms with Gasteiger partial charge in [-0.15, -0.1) is 11.6 Å². The summed E-state index contributed by atoms with van der Waals surface area (Å²) in [6.45, 7) is 3.27. The van der Waals surface area contributed by atoms with E-state index in [0.717, 1.165) is 0 Å². The summed E-state index contributed by atoms with van der Waals surface area (Å²) in [5.74, 6) is -0.131. The summed E-state index contributed by atoms with van der Waals surface area (Å²) in [6, 6.07) is 0. The van der Waals surface area contributed by atoms with Crippen molar-refractivity contribution in [1.82, 2.24) is 5.32 Å². The molecule has 0 saturated heterocycles. The Morgan fingerprint density at radius 2 is 2.57 bits per heavy atom. The van der Waals surface area contributed by atoms with Crippen LogP contribution in [0.2, 0.25) is 0 Å². The van der Waals surface area contributed by atoms with Gasteiger partial charge in [0, 0.05) is 6.54 Å². The molecule has 1 radical (unpaired) electrons. The molecule has 3 heteroatoms. The van der Waals surface area contributed by atoms with Crippen molar-refractivity contribution in [2.24, 2.45) is 0 Å². The molecular formula is C4H7ClNO. The fourth-order valence-electron chi connectivity index (χ4n) is 0.200. The lowest BCUT2D eigenvalue weighted by Gasteiger charge is -1.91. The van der Waals surface area contributed by atoms with Gasteiger partial charge >= 0.3 is 0 Å². The molecule has 1 amide bonds. The molecule has 0 aromatic carbocycles. The maximum atomic E-state index is 10.1. The van der Waals surface area contributed by atoms with Crippen LogP contribution < -0.4 is 5.32 Å². The minimum absolute atomic E-state index is 0.0321. The molecule has 0 fully saturated rings. The van der Waals surface area contributed by atoms with Crippen LogP contribution in [0.5, 0.6) is 0 Å². The van der Waals surface area contributed by atoms with Gasteiger partial charge in [0.05, 0.1) is 0 Å². The lowest BCUT2D eigenvalue weighted by molar-refractivity contribution is -0.118. The van der Waals surface area contributed by atoms with E-state index in [1.807, 2.05) is 0 Å². The molecule has 0 bridgehead atoms. The van der Waals surface area contributed by atoms with Gasteiger partial charge in [-0.3, -0.25) is 4.79 Å². The van der Waals surface area contributed by atoms with E-state index in [-0.39, 0.29) is 11.8 Å². The first-order valence-electron chi connectivity index (χ1n) is 1.94. The lowest BCUT2D eigenvalue weighted by Crippen LogP contribution is -2.19. The quantitative estimate of drug-likeness (QED) is 0.529. The minimum atomic E-state index is -0.163. The number of halogens is 1. The highest BCUT2D eigenvalue weighted by molar-refractivity contribution is 6.27. The zero-order chi connectivity index (χ0) is 5.70. The highest BCUT2D eigenvalue weighted by atomic mass is 35.5. The Labute approximate surface area is 47.8 Å². The summed E-state index contributed by atoms with van der Waals surface area (Å²) in [5, 5.41) is 2.40. The van der Waals surface area contributed by atoms with E-state index in [0.29, 0.717) is 0 Å². The predicted octanol–water partition coefficient (Wildman–Crippen LogP) is 0.523. The molecule has 0 spiro atoms. The Kier molecular flexibility index (Phi) is 3.80. The second-order valence-corrected chi connectivity index (χ2v) is 1.26. The van der Waals surface area contributed by atoms with Gasteiger partial charge in [-0.2, -0.15) is 0 Å². The Bertz CT molecular complexity index is 64.7. The predicted molar refractivity (Wildman–Crippen MR) is 28.8 cm³/mol. The number of carbonyl (C=O) groups is 1. The molecule has 0 aliphatic heterocycles. The van der Waals surface area contributed by atoms with Crippen LogP contribution >= 0.6 is 11.6 Å². The van der Waals surface area contributed by atoms with Crippen molar-refractivity contribution < 1.29 is 4.79 Å². The Hall–Kier alpha value is -0.240. The van der Waals surface area contributed by atoms with Gasteiger partial charge in [-0.05, 0) is 6.92 Å². The van der Waals surface area contributed by atoms with E-state index in [1.54, 1.807) is 13.5 Å².